The highest BCUT2D eigenvalue weighted by Gasteiger charge is 2.30. The van der Waals surface area contributed by atoms with E-state index in [0.717, 1.165) is 42.9 Å². The van der Waals surface area contributed by atoms with Crippen LogP contribution in [-0.2, 0) is 25.6 Å². The number of amides is 1. The number of ether oxygens (including phenoxy) is 6. The fourth-order valence-corrected chi connectivity index (χ4v) is 5.16. The van der Waals surface area contributed by atoms with Crippen LogP contribution >= 0.6 is 0 Å². The molecule has 3 atom stereocenters. The van der Waals surface area contributed by atoms with E-state index >= 15 is 0 Å². The summed E-state index contributed by atoms with van der Waals surface area (Å²) in [7, 11) is 3.33. The van der Waals surface area contributed by atoms with Gasteiger partial charge in [-0.2, -0.15) is 0 Å². The Balaban J connectivity index is 1.23. The van der Waals surface area contributed by atoms with Crippen molar-refractivity contribution in [1.29, 1.82) is 0 Å². The van der Waals surface area contributed by atoms with E-state index in [4.69, 9.17) is 28.4 Å². The van der Waals surface area contributed by atoms with Crippen LogP contribution in [0.15, 0.2) is 72.8 Å². The summed E-state index contributed by atoms with van der Waals surface area (Å²) in [6, 6.07) is 23.5. The normalized spacial score (nSPS) is 17.1. The first kappa shape index (κ1) is 33.3. The molecule has 44 heavy (non-hydrogen) atoms. The molecule has 1 fully saturated rings. The van der Waals surface area contributed by atoms with Gasteiger partial charge in [0.25, 0.3) is 5.91 Å². The first-order valence-electron chi connectivity index (χ1n) is 15.4. The lowest BCUT2D eigenvalue weighted by Crippen LogP contribution is -2.44. The summed E-state index contributed by atoms with van der Waals surface area (Å²) in [5, 5.41) is 6.39. The number of rotatable bonds is 18. The molecule has 2 N–H and O–H groups in total. The van der Waals surface area contributed by atoms with E-state index in [0.29, 0.717) is 51.0 Å². The molecule has 0 aromatic heterocycles. The first-order valence-corrected chi connectivity index (χ1v) is 15.4. The highest BCUT2D eigenvalue weighted by Crippen LogP contribution is 2.30. The predicted octanol–water partition coefficient (Wildman–Crippen LogP) is 5.59. The lowest BCUT2D eigenvalue weighted by molar-refractivity contribution is -0.131. The summed E-state index contributed by atoms with van der Waals surface area (Å²) in [5.74, 6) is 2.24. The Hall–Kier alpha value is -3.63. The van der Waals surface area contributed by atoms with Crippen LogP contribution in [0.2, 0.25) is 0 Å². The summed E-state index contributed by atoms with van der Waals surface area (Å²) in [5.41, 5.74) is 2.83. The van der Waals surface area contributed by atoms with Gasteiger partial charge in [0.15, 0.2) is 0 Å². The molecular weight excluding hydrogens is 560 g/mol. The number of hydrogen-bond donors (Lipinski definition) is 2. The molecule has 1 amide bonds. The van der Waals surface area contributed by atoms with E-state index in [1.807, 2.05) is 60.7 Å². The minimum absolute atomic E-state index is 0.141. The Morgan fingerprint density at radius 1 is 0.886 bits per heavy atom. The molecule has 0 aliphatic carbocycles. The Morgan fingerprint density at radius 2 is 1.61 bits per heavy atom. The van der Waals surface area contributed by atoms with Gasteiger partial charge in [-0.1, -0.05) is 42.5 Å². The molecule has 0 saturated carbocycles. The Labute approximate surface area is 261 Å². The molecule has 3 aromatic carbocycles. The van der Waals surface area contributed by atoms with Gasteiger partial charge in [0.1, 0.15) is 23.4 Å². The highest BCUT2D eigenvalue weighted by atomic mass is 16.5. The van der Waals surface area contributed by atoms with E-state index in [-0.39, 0.29) is 17.9 Å². The third-order valence-corrected chi connectivity index (χ3v) is 7.53. The molecule has 0 spiro atoms. The highest BCUT2D eigenvalue weighted by molar-refractivity contribution is 5.95. The zero-order valence-corrected chi connectivity index (χ0v) is 26.1. The van der Waals surface area contributed by atoms with Gasteiger partial charge >= 0.3 is 0 Å². The largest absolute Gasteiger partial charge is 0.496 e. The molecule has 0 bridgehead atoms. The van der Waals surface area contributed by atoms with Gasteiger partial charge in [0, 0.05) is 44.6 Å². The minimum atomic E-state index is -0.642. The van der Waals surface area contributed by atoms with Crippen LogP contribution in [0.3, 0.4) is 0 Å². The zero-order valence-electron chi connectivity index (χ0n) is 26.1. The van der Waals surface area contributed by atoms with E-state index in [1.54, 1.807) is 21.1 Å². The summed E-state index contributed by atoms with van der Waals surface area (Å²) >= 11 is 0. The second-order valence-corrected chi connectivity index (χ2v) is 10.7. The second-order valence-electron chi connectivity index (χ2n) is 10.7. The number of nitrogens with one attached hydrogen (secondary N) is 2. The Kier molecular flexibility index (Phi) is 13.8. The summed E-state index contributed by atoms with van der Waals surface area (Å²) in [6.07, 6.45) is 1.68. The van der Waals surface area contributed by atoms with Crippen molar-refractivity contribution < 1.29 is 33.2 Å². The quantitative estimate of drug-likeness (QED) is 0.181. The number of piperidine rings is 1. The maximum absolute atomic E-state index is 13.1. The van der Waals surface area contributed by atoms with Crippen LogP contribution in [0.5, 0.6) is 17.2 Å². The lowest BCUT2D eigenvalue weighted by atomic mass is 9.87. The van der Waals surface area contributed by atoms with Crippen molar-refractivity contribution in [3.8, 4) is 17.2 Å². The van der Waals surface area contributed by atoms with E-state index < -0.39 is 6.10 Å². The molecule has 1 aliphatic heterocycles. The van der Waals surface area contributed by atoms with Gasteiger partial charge in [-0.3, -0.25) is 4.79 Å². The van der Waals surface area contributed by atoms with Crippen LogP contribution in [0.25, 0.3) is 0 Å². The van der Waals surface area contributed by atoms with Crippen molar-refractivity contribution in [3.63, 3.8) is 0 Å². The van der Waals surface area contributed by atoms with Crippen LogP contribution in [0, 0.1) is 0 Å². The molecule has 1 heterocycles. The smallest absolute Gasteiger partial charge is 0.253 e. The summed E-state index contributed by atoms with van der Waals surface area (Å²) in [6.45, 7) is 6.16. The van der Waals surface area contributed by atoms with Crippen LogP contribution < -0.4 is 24.8 Å². The monoisotopic (exact) mass is 606 g/mol. The van der Waals surface area contributed by atoms with Gasteiger partial charge < -0.3 is 39.1 Å². The fourth-order valence-electron chi connectivity index (χ4n) is 5.16. The molecule has 1 saturated heterocycles. The number of carbonyl (C=O) groups is 1. The topological polar surface area (TPSA) is 96.5 Å². The van der Waals surface area contributed by atoms with Crippen molar-refractivity contribution in [2.75, 3.05) is 59.1 Å². The van der Waals surface area contributed by atoms with Gasteiger partial charge in [0.2, 0.25) is 0 Å². The van der Waals surface area contributed by atoms with Crippen LogP contribution in [0.1, 0.15) is 43.2 Å². The average molecular weight is 607 g/mol. The Bertz CT molecular complexity index is 1270. The molecule has 3 unspecified atom stereocenters. The SMILES string of the molecule is COCCCOc1ccccc1NC(=O)C(C)OC1CNCCC1c1ccc(OCCCOCc2ccccc2OC)cc1. The lowest BCUT2D eigenvalue weighted by Gasteiger charge is -2.34. The predicted molar refractivity (Wildman–Crippen MR) is 171 cm³/mol. The van der Waals surface area contributed by atoms with E-state index in [2.05, 4.69) is 22.8 Å². The van der Waals surface area contributed by atoms with Crippen molar-refractivity contribution >= 4 is 11.6 Å². The van der Waals surface area contributed by atoms with Crippen LogP contribution in [-0.4, -0.2) is 71.9 Å². The van der Waals surface area contributed by atoms with Crippen molar-refractivity contribution in [2.24, 2.45) is 0 Å². The maximum atomic E-state index is 13.1. The molecule has 9 nitrogen and oxygen atoms in total. The van der Waals surface area contributed by atoms with Crippen molar-refractivity contribution in [1.82, 2.24) is 5.32 Å². The molecule has 0 radical (unpaired) electrons. The third-order valence-electron chi connectivity index (χ3n) is 7.53. The Morgan fingerprint density at radius 3 is 2.41 bits per heavy atom. The molecule has 4 rings (SSSR count). The van der Waals surface area contributed by atoms with E-state index in [9.17, 15) is 4.79 Å². The maximum Gasteiger partial charge on any atom is 0.253 e. The second kappa shape index (κ2) is 18.2. The summed E-state index contributed by atoms with van der Waals surface area (Å²) < 4.78 is 34.4. The van der Waals surface area contributed by atoms with Crippen molar-refractivity contribution in [3.05, 3.63) is 83.9 Å². The van der Waals surface area contributed by atoms with E-state index in [1.165, 1.54) is 5.56 Å². The fraction of sp³-hybridized carbons (Fsp3) is 0.457. The standard InChI is InChI=1S/C35H46N2O7/c1-26(35(38)37-31-11-5-7-13-33(31)43-23-8-20-39-2)44-34-24-36-19-18-30(34)27-14-16-29(17-15-27)42-22-9-21-41-25-28-10-4-6-12-32(28)40-3/h4-7,10-17,26,30,34,36H,8-9,18-25H2,1-3H3,(H,37,38). The van der Waals surface area contributed by atoms with Crippen molar-refractivity contribution in [2.45, 2.75) is 50.9 Å². The first-order chi connectivity index (χ1) is 21.6. The minimum Gasteiger partial charge on any atom is -0.496 e. The molecule has 3 aromatic rings. The van der Waals surface area contributed by atoms with Gasteiger partial charge in [-0.05, 0) is 55.8 Å². The number of benzene rings is 3. The average Bonchev–Trinajstić information content (AvgIpc) is 3.06. The zero-order chi connectivity index (χ0) is 31.0. The van der Waals surface area contributed by atoms with Crippen LogP contribution in [0.4, 0.5) is 5.69 Å². The van der Waals surface area contributed by atoms with Gasteiger partial charge in [-0.15, -0.1) is 0 Å². The summed E-state index contributed by atoms with van der Waals surface area (Å²) in [4.78, 5) is 13.1. The number of carbonyl (C=O) groups excluding carboxylic acids is 1. The third kappa shape index (κ3) is 10.2. The van der Waals surface area contributed by atoms with Gasteiger partial charge in [0.05, 0.1) is 45.3 Å². The number of hydrogen-bond acceptors (Lipinski definition) is 8. The number of methoxy groups -OCH3 is 2. The molecule has 238 valence electrons. The number of anilines is 1. The molecule has 9 heteroatoms. The van der Waals surface area contributed by atoms with Gasteiger partial charge in [-0.25, -0.2) is 0 Å². The molecule has 1 aliphatic rings. The molecular formula is C35H46N2O7. The number of para-hydroxylation sites is 3.